The van der Waals surface area contributed by atoms with Gasteiger partial charge in [-0.3, -0.25) is 4.79 Å². The minimum Gasteiger partial charge on any atom is -0.398 e. The molecule has 4 heteroatoms. The molecule has 1 aromatic rings. The summed E-state index contributed by atoms with van der Waals surface area (Å²) in [6, 6.07) is 6.06. The molecule has 4 nitrogen and oxygen atoms in total. The van der Waals surface area contributed by atoms with E-state index in [4.69, 9.17) is 5.73 Å². The van der Waals surface area contributed by atoms with E-state index < -0.39 is 0 Å². The number of nitrogen functional groups attached to an aromatic ring is 1. The summed E-state index contributed by atoms with van der Waals surface area (Å²) < 4.78 is 0. The lowest BCUT2D eigenvalue weighted by molar-refractivity contribution is -0.122. The first-order valence-corrected chi connectivity index (χ1v) is 7.52. The number of hydrogen-bond acceptors (Lipinski definition) is 3. The lowest BCUT2D eigenvalue weighted by atomic mass is 10.1. The minimum absolute atomic E-state index is 0.106. The average molecular weight is 275 g/mol. The highest BCUT2D eigenvalue weighted by atomic mass is 16.2. The normalized spacial score (nSPS) is 15.3. The molecule has 1 unspecified atom stereocenters. The molecule has 1 heterocycles. The van der Waals surface area contributed by atoms with Gasteiger partial charge in [0.1, 0.15) is 6.04 Å². The first-order chi connectivity index (χ1) is 9.58. The van der Waals surface area contributed by atoms with Crippen molar-refractivity contribution in [3.63, 3.8) is 0 Å². The van der Waals surface area contributed by atoms with Crippen molar-refractivity contribution in [2.45, 2.75) is 52.1 Å². The first kappa shape index (κ1) is 14.7. The Balaban J connectivity index is 2.10. The molecule has 1 atom stereocenters. The number of rotatable bonds is 5. The Kier molecular flexibility index (Phi) is 4.53. The van der Waals surface area contributed by atoms with E-state index in [1.807, 2.05) is 19.1 Å². The Hall–Kier alpha value is -1.71. The summed E-state index contributed by atoms with van der Waals surface area (Å²) in [5.74, 6) is 0.106. The van der Waals surface area contributed by atoms with Gasteiger partial charge in [-0.25, -0.2) is 0 Å². The van der Waals surface area contributed by atoms with Crippen molar-refractivity contribution in [1.29, 1.82) is 0 Å². The molecule has 3 N–H and O–H groups in total. The highest BCUT2D eigenvalue weighted by Crippen LogP contribution is 2.33. The monoisotopic (exact) mass is 275 g/mol. The van der Waals surface area contributed by atoms with Crippen LogP contribution in [0.4, 0.5) is 11.4 Å². The van der Waals surface area contributed by atoms with Crippen LogP contribution in [0.5, 0.6) is 0 Å². The molecule has 2 rings (SSSR count). The molecule has 0 radical (unpaired) electrons. The Bertz CT molecular complexity index is 483. The number of carbonyl (C=O) groups is 1. The van der Waals surface area contributed by atoms with E-state index in [0.717, 1.165) is 37.2 Å². The average Bonchev–Trinajstić information content (AvgIpc) is 2.89. The number of anilines is 2. The second kappa shape index (κ2) is 6.16. The van der Waals surface area contributed by atoms with Crippen molar-refractivity contribution in [1.82, 2.24) is 5.32 Å². The maximum Gasteiger partial charge on any atom is 0.242 e. The summed E-state index contributed by atoms with van der Waals surface area (Å²) in [4.78, 5) is 14.5. The number of nitrogens with zero attached hydrogens (tertiary/aromatic N) is 1. The maximum absolute atomic E-state index is 12.4. The van der Waals surface area contributed by atoms with Crippen LogP contribution >= 0.6 is 0 Å². The van der Waals surface area contributed by atoms with Gasteiger partial charge in [0.15, 0.2) is 0 Å². The predicted octanol–water partition coefficient (Wildman–Crippen LogP) is 2.32. The molecule has 1 aliphatic rings. The Morgan fingerprint density at radius 3 is 2.75 bits per heavy atom. The summed E-state index contributed by atoms with van der Waals surface area (Å²) >= 11 is 0. The molecule has 0 saturated carbocycles. The zero-order valence-corrected chi connectivity index (χ0v) is 12.6. The molecule has 0 aromatic heterocycles. The van der Waals surface area contributed by atoms with Gasteiger partial charge < -0.3 is 16.0 Å². The van der Waals surface area contributed by atoms with Gasteiger partial charge in [0.25, 0.3) is 0 Å². The van der Waals surface area contributed by atoms with Crippen LogP contribution in [0.2, 0.25) is 0 Å². The topological polar surface area (TPSA) is 58.4 Å². The number of nitrogens with one attached hydrogen (secondary N) is 1. The van der Waals surface area contributed by atoms with Crippen LogP contribution < -0.4 is 16.0 Å². The molecule has 0 bridgehead atoms. The summed E-state index contributed by atoms with van der Waals surface area (Å²) in [6.07, 6.45) is 2.86. The van der Waals surface area contributed by atoms with E-state index in [0.29, 0.717) is 0 Å². The third kappa shape index (κ3) is 2.74. The molecule has 0 saturated heterocycles. The quantitative estimate of drug-likeness (QED) is 0.811. The molecular formula is C16H25N3O. The van der Waals surface area contributed by atoms with Gasteiger partial charge in [-0.15, -0.1) is 0 Å². The second-order valence-corrected chi connectivity index (χ2v) is 5.49. The van der Waals surface area contributed by atoms with Crippen LogP contribution in [0, 0.1) is 0 Å². The Morgan fingerprint density at radius 1 is 1.40 bits per heavy atom. The number of benzene rings is 1. The number of amides is 1. The van der Waals surface area contributed by atoms with Crippen molar-refractivity contribution < 1.29 is 4.79 Å². The second-order valence-electron chi connectivity index (χ2n) is 5.49. The van der Waals surface area contributed by atoms with Crippen molar-refractivity contribution in [2.24, 2.45) is 0 Å². The fraction of sp³-hybridized carbons (Fsp3) is 0.562. The predicted molar refractivity (Wildman–Crippen MR) is 83.9 cm³/mol. The third-order valence-electron chi connectivity index (χ3n) is 4.28. The van der Waals surface area contributed by atoms with E-state index in [1.54, 1.807) is 0 Å². The maximum atomic E-state index is 12.4. The summed E-state index contributed by atoms with van der Waals surface area (Å²) in [5, 5.41) is 3.13. The lowest BCUT2D eigenvalue weighted by Gasteiger charge is -2.28. The summed E-state index contributed by atoms with van der Waals surface area (Å²) in [6.45, 7) is 7.03. The molecule has 1 aliphatic heterocycles. The van der Waals surface area contributed by atoms with Crippen molar-refractivity contribution in [3.8, 4) is 0 Å². The van der Waals surface area contributed by atoms with Gasteiger partial charge in [0.05, 0.1) is 0 Å². The molecule has 110 valence electrons. The zero-order chi connectivity index (χ0) is 14.7. The van der Waals surface area contributed by atoms with Crippen LogP contribution in [0.25, 0.3) is 0 Å². The smallest absolute Gasteiger partial charge is 0.242 e. The Morgan fingerprint density at radius 2 is 2.10 bits per heavy atom. The van der Waals surface area contributed by atoms with Gasteiger partial charge in [-0.2, -0.15) is 0 Å². The standard InChI is InChI=1S/C16H25N3O/c1-4-12(5-2)18-16(20)11(3)19-10-9-13-14(17)7-6-8-15(13)19/h6-8,11-12H,4-5,9-10,17H2,1-3H3,(H,18,20). The lowest BCUT2D eigenvalue weighted by Crippen LogP contribution is -2.47. The van der Waals surface area contributed by atoms with Gasteiger partial charge in [0.2, 0.25) is 5.91 Å². The van der Waals surface area contributed by atoms with Crippen LogP contribution in [0.3, 0.4) is 0 Å². The van der Waals surface area contributed by atoms with Crippen LogP contribution in [-0.2, 0) is 11.2 Å². The third-order valence-corrected chi connectivity index (χ3v) is 4.28. The van der Waals surface area contributed by atoms with Crippen LogP contribution in [0.15, 0.2) is 18.2 Å². The summed E-state index contributed by atoms with van der Waals surface area (Å²) in [7, 11) is 0. The van der Waals surface area contributed by atoms with Gasteiger partial charge in [-0.05, 0) is 38.3 Å². The Labute approximate surface area is 121 Å². The molecule has 0 spiro atoms. The van der Waals surface area contributed by atoms with Gasteiger partial charge in [0, 0.05) is 29.5 Å². The van der Waals surface area contributed by atoms with E-state index in [2.05, 4.69) is 30.1 Å². The van der Waals surface area contributed by atoms with E-state index in [1.165, 1.54) is 5.56 Å². The highest BCUT2D eigenvalue weighted by Gasteiger charge is 2.29. The van der Waals surface area contributed by atoms with E-state index in [-0.39, 0.29) is 18.0 Å². The number of fused-ring (bicyclic) bond motifs is 1. The number of nitrogens with two attached hydrogens (primary N) is 1. The molecule has 1 aromatic carbocycles. The van der Waals surface area contributed by atoms with E-state index in [9.17, 15) is 4.79 Å². The van der Waals surface area contributed by atoms with Crippen LogP contribution in [0.1, 0.15) is 39.2 Å². The zero-order valence-electron chi connectivity index (χ0n) is 12.6. The van der Waals surface area contributed by atoms with Gasteiger partial charge in [-0.1, -0.05) is 19.9 Å². The first-order valence-electron chi connectivity index (χ1n) is 7.52. The van der Waals surface area contributed by atoms with Crippen molar-refractivity contribution >= 4 is 17.3 Å². The highest BCUT2D eigenvalue weighted by molar-refractivity contribution is 5.86. The molecule has 0 aliphatic carbocycles. The van der Waals surface area contributed by atoms with Gasteiger partial charge >= 0.3 is 0 Å². The fourth-order valence-corrected chi connectivity index (χ4v) is 2.84. The van der Waals surface area contributed by atoms with Crippen molar-refractivity contribution in [3.05, 3.63) is 23.8 Å². The van der Waals surface area contributed by atoms with Crippen LogP contribution in [-0.4, -0.2) is 24.5 Å². The number of hydrogen-bond donors (Lipinski definition) is 2. The van der Waals surface area contributed by atoms with E-state index >= 15 is 0 Å². The molecule has 0 fully saturated rings. The molecule has 1 amide bonds. The SMILES string of the molecule is CCC(CC)NC(=O)C(C)N1CCc2c(N)cccc21. The minimum atomic E-state index is -0.154. The fourth-order valence-electron chi connectivity index (χ4n) is 2.84. The largest absolute Gasteiger partial charge is 0.398 e. The van der Waals surface area contributed by atoms with Crippen molar-refractivity contribution in [2.75, 3.05) is 17.2 Å². The summed E-state index contributed by atoms with van der Waals surface area (Å²) in [5.41, 5.74) is 9.12. The number of carbonyl (C=O) groups excluding carboxylic acids is 1. The molecular weight excluding hydrogens is 250 g/mol. The molecule has 20 heavy (non-hydrogen) atoms.